The molecule has 1 aliphatic rings. The fourth-order valence-corrected chi connectivity index (χ4v) is 4.86. The zero-order valence-electron chi connectivity index (χ0n) is 17.4. The second-order valence-electron chi connectivity index (χ2n) is 7.34. The van der Waals surface area contributed by atoms with Crippen molar-refractivity contribution in [2.45, 2.75) is 17.7 Å². The number of hydrogen-bond donors (Lipinski definition) is 1. The first kappa shape index (κ1) is 24.6. The number of amides is 2. The van der Waals surface area contributed by atoms with E-state index < -0.39 is 44.1 Å². The Morgan fingerprint density at radius 1 is 0.879 bits per heavy atom. The van der Waals surface area contributed by atoms with Crippen molar-refractivity contribution < 1.29 is 35.6 Å². The van der Waals surface area contributed by atoms with Gasteiger partial charge in [0.1, 0.15) is 28.2 Å². The summed E-state index contributed by atoms with van der Waals surface area (Å²) in [7, 11) is -4.25. The molecule has 12 heteroatoms. The summed E-state index contributed by atoms with van der Waals surface area (Å²) in [6.07, 6.45) is 0.303. The van der Waals surface area contributed by atoms with E-state index >= 15 is 0 Å². The Morgan fingerprint density at radius 3 is 2.18 bits per heavy atom. The van der Waals surface area contributed by atoms with Gasteiger partial charge in [0, 0.05) is 45.2 Å². The molecule has 2 amide bonds. The number of hydrogen-bond acceptors (Lipinski definition) is 4. The Morgan fingerprint density at radius 2 is 1.52 bits per heavy atom. The van der Waals surface area contributed by atoms with Crippen LogP contribution in [0.4, 0.5) is 17.6 Å². The van der Waals surface area contributed by atoms with Crippen LogP contribution in [0.15, 0.2) is 41.3 Å². The molecule has 0 bridgehead atoms. The van der Waals surface area contributed by atoms with Crippen LogP contribution in [-0.2, 0) is 14.8 Å². The predicted molar refractivity (Wildman–Crippen MR) is 110 cm³/mol. The number of carbonyl (C=O) groups is 2. The van der Waals surface area contributed by atoms with Gasteiger partial charge in [-0.25, -0.2) is 26.0 Å². The van der Waals surface area contributed by atoms with Crippen molar-refractivity contribution in [1.29, 1.82) is 0 Å². The minimum absolute atomic E-state index is 0.0530. The molecule has 178 valence electrons. The third kappa shape index (κ3) is 5.88. The molecule has 0 radical (unpaired) electrons. The molecule has 0 atom stereocenters. The number of halogens is 4. The highest BCUT2D eigenvalue weighted by Crippen LogP contribution is 2.22. The van der Waals surface area contributed by atoms with Crippen LogP contribution in [0.5, 0.6) is 0 Å². The molecular formula is C21H21F4N3O4S. The number of nitrogens with zero attached hydrogens (tertiary/aromatic N) is 2. The Bertz CT molecular complexity index is 1150. The number of sulfonamides is 1. The van der Waals surface area contributed by atoms with Gasteiger partial charge in [0.2, 0.25) is 15.9 Å². The minimum Gasteiger partial charge on any atom is -0.352 e. The van der Waals surface area contributed by atoms with Gasteiger partial charge < -0.3 is 10.2 Å². The van der Waals surface area contributed by atoms with E-state index in [0.29, 0.717) is 12.1 Å². The monoisotopic (exact) mass is 487 g/mol. The second kappa shape index (κ2) is 10.3. The quantitative estimate of drug-likeness (QED) is 0.480. The summed E-state index contributed by atoms with van der Waals surface area (Å²) in [5.74, 6) is -4.73. The van der Waals surface area contributed by atoms with E-state index in [2.05, 4.69) is 5.32 Å². The smallest absolute Gasteiger partial charge is 0.254 e. The minimum atomic E-state index is -4.25. The molecule has 0 unspecified atom stereocenters. The molecule has 0 saturated carbocycles. The molecule has 33 heavy (non-hydrogen) atoms. The van der Waals surface area contributed by atoms with Gasteiger partial charge in [-0.1, -0.05) is 0 Å². The van der Waals surface area contributed by atoms with Gasteiger partial charge in [0.25, 0.3) is 5.91 Å². The third-order valence-corrected chi connectivity index (χ3v) is 7.04. The molecular weight excluding hydrogens is 466 g/mol. The summed E-state index contributed by atoms with van der Waals surface area (Å²) in [5.41, 5.74) is -0.310. The van der Waals surface area contributed by atoms with Gasteiger partial charge in [-0.2, -0.15) is 4.31 Å². The van der Waals surface area contributed by atoms with Gasteiger partial charge in [-0.05, 0) is 36.8 Å². The first-order valence-electron chi connectivity index (χ1n) is 10.1. The van der Waals surface area contributed by atoms with E-state index in [1.807, 2.05) is 0 Å². The molecule has 0 spiro atoms. The van der Waals surface area contributed by atoms with Crippen molar-refractivity contribution in [2.24, 2.45) is 0 Å². The Hall–Kier alpha value is -2.99. The molecule has 1 saturated heterocycles. The van der Waals surface area contributed by atoms with Gasteiger partial charge in [-0.15, -0.1) is 0 Å². The van der Waals surface area contributed by atoms with E-state index in [4.69, 9.17) is 0 Å². The predicted octanol–water partition coefficient (Wildman–Crippen LogP) is 2.29. The first-order chi connectivity index (χ1) is 15.6. The van der Waals surface area contributed by atoms with Crippen molar-refractivity contribution in [3.63, 3.8) is 0 Å². The van der Waals surface area contributed by atoms with Crippen molar-refractivity contribution in [3.05, 3.63) is 65.2 Å². The van der Waals surface area contributed by atoms with Gasteiger partial charge in [0.15, 0.2) is 0 Å². The zero-order chi connectivity index (χ0) is 24.2. The van der Waals surface area contributed by atoms with Gasteiger partial charge in [-0.3, -0.25) is 9.59 Å². The lowest BCUT2D eigenvalue weighted by atomic mass is 10.2. The van der Waals surface area contributed by atoms with E-state index in [9.17, 15) is 35.6 Å². The fraction of sp³-hybridized carbons (Fsp3) is 0.333. The molecule has 7 nitrogen and oxygen atoms in total. The van der Waals surface area contributed by atoms with Crippen LogP contribution >= 0.6 is 0 Å². The fourth-order valence-electron chi connectivity index (χ4n) is 3.36. The van der Waals surface area contributed by atoms with E-state index in [1.165, 1.54) is 4.90 Å². The van der Waals surface area contributed by atoms with Crippen molar-refractivity contribution in [2.75, 3.05) is 32.7 Å². The average molecular weight is 487 g/mol. The molecule has 2 aromatic carbocycles. The molecule has 0 aliphatic carbocycles. The Labute approximate surface area is 188 Å². The van der Waals surface area contributed by atoms with Crippen LogP contribution in [0.1, 0.15) is 23.2 Å². The molecule has 1 fully saturated rings. The molecule has 0 aromatic heterocycles. The molecule has 1 N–H and O–H groups in total. The average Bonchev–Trinajstić information content (AvgIpc) is 2.78. The maximum atomic E-state index is 13.9. The first-order valence-corrected chi connectivity index (χ1v) is 11.5. The number of piperazine rings is 1. The van der Waals surface area contributed by atoms with E-state index in [-0.39, 0.29) is 57.0 Å². The maximum Gasteiger partial charge on any atom is 0.254 e. The Balaban J connectivity index is 1.46. The molecule has 2 aromatic rings. The lowest BCUT2D eigenvalue weighted by Gasteiger charge is -2.34. The summed E-state index contributed by atoms with van der Waals surface area (Å²) in [4.78, 5) is 25.0. The van der Waals surface area contributed by atoms with Crippen LogP contribution in [-0.4, -0.2) is 62.2 Å². The van der Waals surface area contributed by atoms with E-state index in [0.717, 1.165) is 28.6 Å². The summed E-state index contributed by atoms with van der Waals surface area (Å²) in [6, 6.07) is 4.77. The van der Waals surface area contributed by atoms with Crippen LogP contribution in [0.25, 0.3) is 0 Å². The normalized spacial score (nSPS) is 14.8. The highest BCUT2D eigenvalue weighted by Gasteiger charge is 2.32. The van der Waals surface area contributed by atoms with E-state index in [1.54, 1.807) is 0 Å². The SMILES string of the molecule is O=C(NCCCC(=O)N1CCN(S(=O)(=O)c2cc(F)ccc2F)CC1)c1ccc(F)cc1F. The highest BCUT2D eigenvalue weighted by atomic mass is 32.2. The van der Waals surface area contributed by atoms with Crippen molar-refractivity contribution >= 4 is 21.8 Å². The zero-order valence-corrected chi connectivity index (χ0v) is 18.2. The number of carbonyl (C=O) groups excluding carboxylic acids is 2. The third-order valence-electron chi connectivity index (χ3n) is 5.13. The number of nitrogens with one attached hydrogen (secondary N) is 1. The number of rotatable bonds is 7. The summed E-state index contributed by atoms with van der Waals surface area (Å²) in [5, 5.41) is 2.45. The maximum absolute atomic E-state index is 13.9. The second-order valence-corrected chi connectivity index (χ2v) is 9.25. The molecule has 3 rings (SSSR count). The van der Waals surface area contributed by atoms with Crippen molar-refractivity contribution in [3.8, 4) is 0 Å². The molecule has 1 heterocycles. The summed E-state index contributed by atoms with van der Waals surface area (Å²) >= 11 is 0. The summed E-state index contributed by atoms with van der Waals surface area (Å²) in [6.45, 7) is 0.0636. The van der Waals surface area contributed by atoms with Gasteiger partial charge in [0.05, 0.1) is 5.56 Å². The standard InChI is InChI=1S/C21H21F4N3O4S/c22-14-3-5-16(18(25)12-14)21(30)26-7-1-2-20(29)27-8-10-28(11-9-27)33(31,32)19-13-15(23)4-6-17(19)24/h3-6,12-13H,1-2,7-11H2,(H,26,30). The van der Waals surface area contributed by atoms with Crippen LogP contribution in [0.3, 0.4) is 0 Å². The van der Waals surface area contributed by atoms with Crippen molar-refractivity contribution in [1.82, 2.24) is 14.5 Å². The van der Waals surface area contributed by atoms with Gasteiger partial charge >= 0.3 is 0 Å². The van der Waals surface area contributed by atoms with Crippen LogP contribution in [0.2, 0.25) is 0 Å². The van der Waals surface area contributed by atoms with Crippen LogP contribution < -0.4 is 5.32 Å². The Kier molecular flexibility index (Phi) is 7.69. The highest BCUT2D eigenvalue weighted by molar-refractivity contribution is 7.89. The summed E-state index contributed by atoms with van der Waals surface area (Å²) < 4.78 is 80.0. The lowest BCUT2D eigenvalue weighted by Crippen LogP contribution is -2.50. The largest absolute Gasteiger partial charge is 0.352 e. The number of benzene rings is 2. The molecule has 1 aliphatic heterocycles. The van der Waals surface area contributed by atoms with Crippen LogP contribution in [0, 0.1) is 23.3 Å². The lowest BCUT2D eigenvalue weighted by molar-refractivity contribution is -0.132. The topological polar surface area (TPSA) is 86.8 Å².